The molecule has 0 radical (unpaired) electrons. The maximum Gasteiger partial charge on any atom is 0.297 e. The number of hydrogen-bond donors (Lipinski definition) is 0. The average molecular weight is 663 g/mol. The van der Waals surface area contributed by atoms with E-state index < -0.39 is 5.91 Å². The maximum absolute atomic E-state index is 14.2. The monoisotopic (exact) mass is 662 g/mol. The molecule has 190 valence electrons. The lowest BCUT2D eigenvalue weighted by Crippen LogP contribution is -2.49. The van der Waals surface area contributed by atoms with E-state index in [1.54, 1.807) is 36.4 Å². The maximum atomic E-state index is 14.2. The number of benzene rings is 4. The fourth-order valence-corrected chi connectivity index (χ4v) is 5.30. The van der Waals surface area contributed by atoms with Crippen LogP contribution in [0.1, 0.15) is 11.1 Å². The third-order valence-electron chi connectivity index (χ3n) is 6.17. The second-order valence-corrected chi connectivity index (χ2v) is 10.8. The van der Waals surface area contributed by atoms with Crippen LogP contribution in [-0.4, -0.2) is 21.4 Å². The quantitative estimate of drug-likeness (QED) is 0.155. The molecule has 1 amide bonds. The van der Waals surface area contributed by atoms with Crippen molar-refractivity contribution in [3.8, 4) is 11.4 Å². The highest BCUT2D eigenvalue weighted by Gasteiger charge is 2.36. The lowest BCUT2D eigenvalue weighted by molar-refractivity contribution is -0.115. The summed E-state index contributed by atoms with van der Waals surface area (Å²) in [5.74, 6) is 0.117. The van der Waals surface area contributed by atoms with E-state index in [0.717, 1.165) is 3.57 Å². The Labute approximate surface area is 247 Å². The predicted molar refractivity (Wildman–Crippen MR) is 165 cm³/mol. The van der Waals surface area contributed by atoms with Crippen LogP contribution in [0.2, 0.25) is 10.0 Å². The second-order valence-electron chi connectivity index (χ2n) is 8.69. The Hall–Kier alpha value is -3.79. The summed E-state index contributed by atoms with van der Waals surface area (Å²) in [7, 11) is 0. The summed E-state index contributed by atoms with van der Waals surface area (Å²) in [4.78, 5) is 37.8. The molecule has 0 aliphatic carbocycles. The van der Waals surface area contributed by atoms with Crippen LogP contribution >= 0.6 is 45.8 Å². The van der Waals surface area contributed by atoms with Crippen LogP contribution in [0.25, 0.3) is 28.4 Å². The zero-order valence-electron chi connectivity index (χ0n) is 20.1. The first kappa shape index (κ1) is 25.5. The van der Waals surface area contributed by atoms with E-state index in [1.165, 1.54) is 9.69 Å². The predicted octanol–water partition coefficient (Wildman–Crippen LogP) is 6.94. The largest absolute Gasteiger partial charge is 0.297 e. The summed E-state index contributed by atoms with van der Waals surface area (Å²) < 4.78 is 2.19. The number of nitrogens with zero attached hydrogens (tertiary/aromatic N) is 4. The Bertz CT molecular complexity index is 1890. The van der Waals surface area contributed by atoms with Crippen LogP contribution in [0.15, 0.2) is 113 Å². The average Bonchev–Trinajstić information content (AvgIpc) is 3.26. The van der Waals surface area contributed by atoms with E-state index in [9.17, 15) is 9.59 Å². The highest BCUT2D eigenvalue weighted by Crippen LogP contribution is 2.28. The summed E-state index contributed by atoms with van der Waals surface area (Å²) in [6, 6.07) is 29.0. The first-order valence-corrected chi connectivity index (χ1v) is 13.7. The topological polar surface area (TPSA) is 67.6 Å². The first-order chi connectivity index (χ1) is 18.9. The molecule has 0 spiro atoms. The molecular weight excluding hydrogens is 646 g/mol. The Balaban J connectivity index is 1.64. The Kier molecular flexibility index (Phi) is 6.80. The third-order valence-corrected chi connectivity index (χ3v) is 7.40. The number of amides is 1. The van der Waals surface area contributed by atoms with Gasteiger partial charge in [-0.1, -0.05) is 89.9 Å². The Morgan fingerprint density at radius 1 is 0.795 bits per heavy atom. The molecule has 0 atom stereocenters. The lowest BCUT2D eigenvalue weighted by Gasteiger charge is -2.24. The van der Waals surface area contributed by atoms with Gasteiger partial charge in [0, 0.05) is 24.7 Å². The normalized spacial score (nSPS) is 14.3. The van der Waals surface area contributed by atoms with Crippen molar-refractivity contribution in [1.29, 1.82) is 0 Å². The van der Waals surface area contributed by atoms with Crippen LogP contribution in [0.5, 0.6) is 0 Å². The van der Waals surface area contributed by atoms with Crippen molar-refractivity contribution >= 4 is 74.5 Å². The molecular formula is C30H17Cl2IN4O2. The summed E-state index contributed by atoms with van der Waals surface area (Å²) in [6.45, 7) is 0. The van der Waals surface area contributed by atoms with Crippen LogP contribution in [0.3, 0.4) is 0 Å². The molecule has 0 unspecified atom stereocenters. The van der Waals surface area contributed by atoms with E-state index in [2.05, 4.69) is 22.6 Å². The standard InChI is InChI=1S/C30H17Cl2IN4O2/c31-21-12-11-20(24(32)16-21)15-26-30(39)37(28(35-26)19-9-5-2-6-10-19)36-27(18-7-3-1-4-8-18)34-25-14-13-22(33)17-23(25)29(36)38/h1-17H/b26-15-. The van der Waals surface area contributed by atoms with Gasteiger partial charge in [-0.3, -0.25) is 9.59 Å². The number of carbonyl (C=O) groups is 1. The van der Waals surface area contributed by atoms with Gasteiger partial charge in [0.15, 0.2) is 11.7 Å². The van der Waals surface area contributed by atoms with E-state index in [-0.39, 0.29) is 11.3 Å². The smallest absolute Gasteiger partial charge is 0.267 e. The van der Waals surface area contributed by atoms with Crippen molar-refractivity contribution in [3.63, 3.8) is 0 Å². The van der Waals surface area contributed by atoms with Crippen molar-refractivity contribution in [2.24, 2.45) is 4.99 Å². The number of fused-ring (bicyclic) bond motifs is 1. The highest BCUT2D eigenvalue weighted by atomic mass is 127. The molecule has 0 fully saturated rings. The van der Waals surface area contributed by atoms with Gasteiger partial charge in [0.1, 0.15) is 5.70 Å². The summed E-state index contributed by atoms with van der Waals surface area (Å²) in [5, 5.41) is 2.54. The van der Waals surface area contributed by atoms with Crippen LogP contribution in [0, 0.1) is 3.57 Å². The van der Waals surface area contributed by atoms with Gasteiger partial charge in [0.05, 0.1) is 10.9 Å². The number of aliphatic imine (C=N–C) groups is 1. The van der Waals surface area contributed by atoms with Gasteiger partial charge >= 0.3 is 0 Å². The van der Waals surface area contributed by atoms with E-state index in [4.69, 9.17) is 33.2 Å². The van der Waals surface area contributed by atoms with Gasteiger partial charge in [0.25, 0.3) is 11.5 Å². The van der Waals surface area contributed by atoms with Gasteiger partial charge in [-0.15, -0.1) is 0 Å². The SMILES string of the molecule is O=C1/C(=C/c2ccc(Cl)cc2Cl)N=C(c2ccccc2)N1n1c(-c2ccccc2)nc2ccc(I)cc2c1=O. The number of amidine groups is 1. The summed E-state index contributed by atoms with van der Waals surface area (Å²) >= 11 is 14.6. The lowest BCUT2D eigenvalue weighted by atomic mass is 10.1. The minimum Gasteiger partial charge on any atom is -0.267 e. The molecule has 1 aliphatic heterocycles. The molecule has 6 nitrogen and oxygen atoms in total. The molecule has 6 rings (SSSR count). The van der Waals surface area contributed by atoms with Crippen LogP contribution < -0.4 is 10.6 Å². The third kappa shape index (κ3) is 4.78. The van der Waals surface area contributed by atoms with Crippen molar-refractivity contribution in [3.05, 3.63) is 138 Å². The minimum absolute atomic E-state index is 0.117. The molecule has 5 aromatic rings. The number of hydrogen-bond acceptors (Lipinski definition) is 4. The highest BCUT2D eigenvalue weighted by molar-refractivity contribution is 14.1. The van der Waals surface area contributed by atoms with Crippen molar-refractivity contribution in [1.82, 2.24) is 9.66 Å². The minimum atomic E-state index is -0.495. The second kappa shape index (κ2) is 10.4. The van der Waals surface area contributed by atoms with E-state index >= 15 is 0 Å². The fourth-order valence-electron chi connectivity index (χ4n) is 4.34. The zero-order valence-corrected chi connectivity index (χ0v) is 23.7. The van der Waals surface area contributed by atoms with Crippen molar-refractivity contribution < 1.29 is 4.79 Å². The molecule has 1 aliphatic rings. The van der Waals surface area contributed by atoms with Gasteiger partial charge in [-0.25, -0.2) is 9.98 Å². The summed E-state index contributed by atoms with van der Waals surface area (Å²) in [5.41, 5.74) is 2.17. The van der Waals surface area contributed by atoms with Crippen LogP contribution in [0.4, 0.5) is 0 Å². The van der Waals surface area contributed by atoms with Gasteiger partial charge in [-0.05, 0) is 64.6 Å². The zero-order chi connectivity index (χ0) is 27.1. The van der Waals surface area contributed by atoms with Crippen molar-refractivity contribution in [2.45, 2.75) is 0 Å². The molecule has 39 heavy (non-hydrogen) atoms. The molecule has 4 aromatic carbocycles. The Morgan fingerprint density at radius 3 is 2.18 bits per heavy atom. The van der Waals surface area contributed by atoms with Gasteiger partial charge in [-0.2, -0.15) is 9.69 Å². The fraction of sp³-hybridized carbons (Fsp3) is 0. The summed E-state index contributed by atoms with van der Waals surface area (Å²) in [6.07, 6.45) is 1.59. The number of rotatable bonds is 4. The van der Waals surface area contributed by atoms with E-state index in [0.29, 0.717) is 49.3 Å². The Morgan fingerprint density at radius 2 is 1.49 bits per heavy atom. The van der Waals surface area contributed by atoms with Crippen LogP contribution in [-0.2, 0) is 4.79 Å². The van der Waals surface area contributed by atoms with Gasteiger partial charge < -0.3 is 0 Å². The number of carbonyl (C=O) groups excluding carboxylic acids is 1. The van der Waals surface area contributed by atoms with Crippen molar-refractivity contribution in [2.75, 3.05) is 5.01 Å². The first-order valence-electron chi connectivity index (χ1n) is 11.8. The molecule has 0 saturated carbocycles. The molecule has 9 heteroatoms. The molecule has 0 N–H and O–H groups in total. The number of aromatic nitrogens is 2. The van der Waals surface area contributed by atoms with E-state index in [1.807, 2.05) is 66.7 Å². The molecule has 0 saturated heterocycles. The molecule has 1 aromatic heterocycles. The molecule has 2 heterocycles. The van der Waals surface area contributed by atoms with Gasteiger partial charge in [0.2, 0.25) is 0 Å². The number of halogens is 3. The molecule has 0 bridgehead atoms.